The van der Waals surface area contributed by atoms with Gasteiger partial charge in [0, 0.05) is 12.8 Å². The molecule has 1 aromatic rings. The van der Waals surface area contributed by atoms with E-state index in [0.717, 1.165) is 16.0 Å². The summed E-state index contributed by atoms with van der Waals surface area (Å²) >= 11 is 3.43. The van der Waals surface area contributed by atoms with E-state index < -0.39 is 0 Å². The molecule has 0 aromatic carbocycles. The average Bonchev–Trinajstić information content (AvgIpc) is 2.60. The highest BCUT2D eigenvalue weighted by atomic mass is 79.9. The van der Waals surface area contributed by atoms with Gasteiger partial charge in [-0.05, 0) is 48.0 Å². The monoisotopic (exact) mass is 253 g/mol. The summed E-state index contributed by atoms with van der Waals surface area (Å²) < 4.78 is 2.78. The molecule has 74 valence electrons. The van der Waals surface area contributed by atoms with E-state index in [9.17, 15) is 0 Å². The van der Waals surface area contributed by atoms with Gasteiger partial charge < -0.3 is 0 Å². The van der Waals surface area contributed by atoms with Crippen LogP contribution < -0.4 is 0 Å². The highest BCUT2D eigenvalue weighted by Crippen LogP contribution is 2.31. The van der Waals surface area contributed by atoms with Crippen molar-refractivity contribution in [3.05, 3.63) is 28.5 Å². The Morgan fingerprint density at radius 1 is 1.50 bits per heavy atom. The zero-order valence-electron chi connectivity index (χ0n) is 8.45. The van der Waals surface area contributed by atoms with Gasteiger partial charge in [-0.15, -0.1) is 0 Å². The second-order valence-corrected chi connectivity index (χ2v) is 4.52. The summed E-state index contributed by atoms with van der Waals surface area (Å²) in [6.45, 7) is 4.06. The maximum absolute atomic E-state index is 4.55. The topological polar surface area (TPSA) is 30.2 Å². The maximum atomic E-state index is 4.55. The van der Waals surface area contributed by atoms with Crippen molar-refractivity contribution in [2.45, 2.75) is 19.4 Å². The number of hydrogen-bond acceptors (Lipinski definition) is 2. The third-order valence-corrected chi connectivity index (χ3v) is 3.14. The fraction of sp³-hybridized carbons (Fsp3) is 0.400. The van der Waals surface area contributed by atoms with Crippen molar-refractivity contribution in [1.29, 1.82) is 0 Å². The third kappa shape index (κ3) is 1.43. The maximum Gasteiger partial charge on any atom is 0.120 e. The van der Waals surface area contributed by atoms with Crippen LogP contribution in [0.15, 0.2) is 27.8 Å². The first-order valence-corrected chi connectivity index (χ1v) is 5.26. The molecule has 1 unspecified atom stereocenters. The van der Waals surface area contributed by atoms with Crippen LogP contribution in [0.1, 0.15) is 19.5 Å². The zero-order chi connectivity index (χ0) is 10.3. The van der Waals surface area contributed by atoms with Crippen molar-refractivity contribution in [2.24, 2.45) is 12.0 Å². The minimum Gasteiger partial charge on any atom is -0.273 e. The highest BCUT2D eigenvalue weighted by molar-refractivity contribution is 9.10. The minimum absolute atomic E-state index is 0.284. The lowest BCUT2D eigenvalue weighted by atomic mass is 10.0. The summed E-state index contributed by atoms with van der Waals surface area (Å²) in [4.78, 5) is 4.55. The quantitative estimate of drug-likeness (QED) is 0.757. The van der Waals surface area contributed by atoms with Gasteiger partial charge in [-0.25, -0.2) is 0 Å². The van der Waals surface area contributed by atoms with Crippen LogP contribution in [0.3, 0.4) is 0 Å². The molecule has 1 aromatic heterocycles. The van der Waals surface area contributed by atoms with Crippen LogP contribution in [0.4, 0.5) is 0 Å². The summed E-state index contributed by atoms with van der Waals surface area (Å²) in [6, 6.07) is 2.01. The molecule has 1 aliphatic rings. The molecule has 2 heterocycles. The summed E-state index contributed by atoms with van der Waals surface area (Å²) in [7, 11) is 1.91. The fourth-order valence-corrected chi connectivity index (χ4v) is 1.85. The SMILES string of the molecule is CC1=NC(C)(c2cc(Br)n(C)n2)C=C1. The first-order chi connectivity index (χ1) is 6.51. The number of aryl methyl sites for hydroxylation is 1. The van der Waals surface area contributed by atoms with Crippen LogP contribution in [-0.2, 0) is 12.6 Å². The molecule has 0 N–H and O–H groups in total. The van der Waals surface area contributed by atoms with Crippen molar-refractivity contribution in [3.63, 3.8) is 0 Å². The van der Waals surface area contributed by atoms with Crippen LogP contribution in [-0.4, -0.2) is 15.5 Å². The Morgan fingerprint density at radius 2 is 2.21 bits per heavy atom. The van der Waals surface area contributed by atoms with E-state index in [1.807, 2.05) is 26.1 Å². The lowest BCUT2D eigenvalue weighted by Crippen LogP contribution is -2.15. The van der Waals surface area contributed by atoms with E-state index in [1.165, 1.54) is 0 Å². The smallest absolute Gasteiger partial charge is 0.120 e. The van der Waals surface area contributed by atoms with Gasteiger partial charge in [-0.2, -0.15) is 5.10 Å². The van der Waals surface area contributed by atoms with Gasteiger partial charge in [0.1, 0.15) is 10.1 Å². The molecule has 2 rings (SSSR count). The molecule has 1 atom stereocenters. The van der Waals surface area contributed by atoms with Crippen molar-refractivity contribution in [1.82, 2.24) is 9.78 Å². The number of rotatable bonds is 1. The Kier molecular flexibility index (Phi) is 2.10. The van der Waals surface area contributed by atoms with E-state index in [1.54, 1.807) is 4.68 Å². The van der Waals surface area contributed by atoms with Gasteiger partial charge >= 0.3 is 0 Å². The van der Waals surface area contributed by atoms with Crippen LogP contribution in [0.2, 0.25) is 0 Å². The van der Waals surface area contributed by atoms with Gasteiger partial charge in [0.2, 0.25) is 0 Å². The Hall–Kier alpha value is -0.900. The van der Waals surface area contributed by atoms with Crippen molar-refractivity contribution < 1.29 is 0 Å². The van der Waals surface area contributed by atoms with Crippen LogP contribution in [0.5, 0.6) is 0 Å². The van der Waals surface area contributed by atoms with Crippen molar-refractivity contribution >= 4 is 21.6 Å². The third-order valence-electron chi connectivity index (χ3n) is 2.40. The van der Waals surface area contributed by atoms with E-state index >= 15 is 0 Å². The number of aromatic nitrogens is 2. The molecule has 0 aliphatic carbocycles. The summed E-state index contributed by atoms with van der Waals surface area (Å²) in [6.07, 6.45) is 4.11. The normalized spacial score (nSPS) is 25.6. The predicted octanol–water partition coefficient (Wildman–Crippen LogP) is 2.43. The van der Waals surface area contributed by atoms with Crippen LogP contribution >= 0.6 is 15.9 Å². The molecule has 1 aliphatic heterocycles. The molecule has 0 radical (unpaired) electrons. The lowest BCUT2D eigenvalue weighted by molar-refractivity contribution is 0.596. The van der Waals surface area contributed by atoms with Gasteiger partial charge in [0.15, 0.2) is 0 Å². The molecule has 3 nitrogen and oxygen atoms in total. The predicted molar refractivity (Wildman–Crippen MR) is 60.5 cm³/mol. The Morgan fingerprint density at radius 3 is 2.64 bits per heavy atom. The molecule has 0 amide bonds. The van der Waals surface area contributed by atoms with Gasteiger partial charge in [-0.1, -0.05) is 0 Å². The van der Waals surface area contributed by atoms with E-state index in [2.05, 4.69) is 39.0 Å². The largest absolute Gasteiger partial charge is 0.273 e. The minimum atomic E-state index is -0.284. The number of aliphatic imine (C=N–C) groups is 1. The van der Waals surface area contributed by atoms with Crippen LogP contribution in [0, 0.1) is 0 Å². The number of hydrogen-bond donors (Lipinski definition) is 0. The molecule has 14 heavy (non-hydrogen) atoms. The van der Waals surface area contributed by atoms with Gasteiger partial charge in [-0.3, -0.25) is 9.67 Å². The zero-order valence-corrected chi connectivity index (χ0v) is 10.0. The summed E-state index contributed by atoms with van der Waals surface area (Å²) in [5, 5.41) is 4.41. The fourth-order valence-electron chi connectivity index (χ4n) is 1.56. The highest BCUT2D eigenvalue weighted by Gasteiger charge is 2.29. The molecule has 0 saturated carbocycles. The number of halogens is 1. The van der Waals surface area contributed by atoms with Crippen molar-refractivity contribution in [2.75, 3.05) is 0 Å². The molecule has 0 spiro atoms. The molecular formula is C10H12BrN3. The standard InChI is InChI=1S/C10H12BrN3/c1-7-4-5-10(2,12-7)8-6-9(11)14(3)13-8/h4-6H,1-3H3. The Labute approximate surface area is 91.7 Å². The number of nitrogens with zero attached hydrogens (tertiary/aromatic N) is 3. The second kappa shape index (κ2) is 3.05. The first kappa shape index (κ1) is 9.65. The van der Waals surface area contributed by atoms with Crippen LogP contribution in [0.25, 0.3) is 0 Å². The van der Waals surface area contributed by atoms with E-state index in [-0.39, 0.29) is 5.54 Å². The van der Waals surface area contributed by atoms with E-state index in [4.69, 9.17) is 0 Å². The average molecular weight is 254 g/mol. The molecule has 4 heteroatoms. The molecule has 0 saturated heterocycles. The Bertz CT molecular complexity index is 411. The number of allylic oxidation sites excluding steroid dienone is 1. The second-order valence-electron chi connectivity index (χ2n) is 3.71. The first-order valence-electron chi connectivity index (χ1n) is 4.47. The lowest BCUT2D eigenvalue weighted by Gasteiger charge is -2.14. The molecule has 0 fully saturated rings. The van der Waals surface area contributed by atoms with Gasteiger partial charge in [0.05, 0.1) is 5.69 Å². The molecular weight excluding hydrogens is 242 g/mol. The Balaban J connectivity index is 2.46. The van der Waals surface area contributed by atoms with Gasteiger partial charge in [0.25, 0.3) is 0 Å². The van der Waals surface area contributed by atoms with E-state index in [0.29, 0.717) is 0 Å². The van der Waals surface area contributed by atoms with Crippen molar-refractivity contribution in [3.8, 4) is 0 Å². The summed E-state index contributed by atoms with van der Waals surface area (Å²) in [5.41, 5.74) is 1.74. The molecule has 0 bridgehead atoms. The summed E-state index contributed by atoms with van der Waals surface area (Å²) in [5.74, 6) is 0.